The van der Waals surface area contributed by atoms with Gasteiger partial charge in [-0.25, -0.2) is 14.5 Å². The lowest BCUT2D eigenvalue weighted by Gasteiger charge is -2.19. The number of alkyl halides is 5. The number of aryl methyl sites for hydroxylation is 1. The van der Waals surface area contributed by atoms with Gasteiger partial charge in [0.1, 0.15) is 11.5 Å². The van der Waals surface area contributed by atoms with Gasteiger partial charge in [0.05, 0.1) is 11.9 Å². The van der Waals surface area contributed by atoms with Crippen molar-refractivity contribution in [2.45, 2.75) is 24.9 Å². The maximum absolute atomic E-state index is 12.8. The molecule has 2 heterocycles. The first-order valence-electron chi connectivity index (χ1n) is 5.00. The highest BCUT2D eigenvalue weighted by Gasteiger charge is 2.56. The molecule has 4 nitrogen and oxygen atoms in total. The van der Waals surface area contributed by atoms with Crippen LogP contribution in [0.5, 0.6) is 0 Å². The maximum atomic E-state index is 12.8. The van der Waals surface area contributed by atoms with Crippen molar-refractivity contribution in [2.24, 2.45) is 0 Å². The smallest absolute Gasteiger partial charge is 0.236 e. The summed E-state index contributed by atoms with van der Waals surface area (Å²) in [4.78, 5) is 7.43. The Morgan fingerprint density at radius 1 is 1.21 bits per heavy atom. The molecule has 0 atom stereocenters. The number of fused-ring (bicyclic) bond motifs is 1. The lowest BCUT2D eigenvalue weighted by molar-refractivity contribution is -0.284. The normalized spacial score (nSPS) is 13.2. The van der Waals surface area contributed by atoms with Gasteiger partial charge in [0.2, 0.25) is 0 Å². The fourth-order valence-electron chi connectivity index (χ4n) is 1.44. The van der Waals surface area contributed by atoms with Crippen molar-refractivity contribution >= 4 is 17.2 Å². The minimum absolute atomic E-state index is 0.0612. The third-order valence-electron chi connectivity index (χ3n) is 2.39. The summed E-state index contributed by atoms with van der Waals surface area (Å²) in [6.45, 7) is 0. The molecule has 0 aromatic carbocycles. The predicted octanol–water partition coefficient (Wildman–Crippen LogP) is 2.91. The molecule has 0 fully saturated rings. The summed E-state index contributed by atoms with van der Waals surface area (Å²) in [5, 5.41) is 3.64. The molecule has 104 valence electrons. The molecule has 0 unspecified atom stereocenters. The molecule has 0 amide bonds. The molecule has 0 aliphatic heterocycles. The minimum Gasteiger partial charge on any atom is -0.236 e. The molecular weight excluding hydrogens is 295 g/mol. The summed E-state index contributed by atoms with van der Waals surface area (Å²) in [6.07, 6.45) is -5.23. The summed E-state index contributed by atoms with van der Waals surface area (Å²) in [5.41, 5.74) is 0.0382. The summed E-state index contributed by atoms with van der Waals surface area (Å²) < 4.78 is 62.9. The van der Waals surface area contributed by atoms with Crippen LogP contribution in [0.15, 0.2) is 12.5 Å². The second-order valence-corrected chi connectivity index (χ2v) is 4.13. The van der Waals surface area contributed by atoms with Gasteiger partial charge < -0.3 is 0 Å². The Morgan fingerprint density at radius 3 is 2.53 bits per heavy atom. The molecule has 0 aliphatic rings. The largest absolute Gasteiger partial charge is 0.453 e. The van der Waals surface area contributed by atoms with E-state index < -0.39 is 24.9 Å². The van der Waals surface area contributed by atoms with Gasteiger partial charge in [-0.3, -0.25) is 0 Å². The van der Waals surface area contributed by atoms with Crippen LogP contribution in [-0.4, -0.2) is 31.7 Å². The fourth-order valence-corrected chi connectivity index (χ4v) is 1.64. The molecule has 0 spiro atoms. The average molecular weight is 301 g/mol. The average Bonchev–Trinajstić information content (AvgIpc) is 2.72. The van der Waals surface area contributed by atoms with E-state index in [1.54, 1.807) is 0 Å². The number of hydrogen-bond donors (Lipinski definition) is 0. The van der Waals surface area contributed by atoms with Crippen LogP contribution < -0.4 is 0 Å². The summed E-state index contributed by atoms with van der Waals surface area (Å²) >= 11 is 5.61. The third-order valence-corrected chi connectivity index (χ3v) is 2.57. The summed E-state index contributed by atoms with van der Waals surface area (Å²) in [6, 6.07) is 0. The van der Waals surface area contributed by atoms with E-state index >= 15 is 0 Å². The van der Waals surface area contributed by atoms with Crippen LogP contribution in [0.3, 0.4) is 0 Å². The molecule has 2 aromatic rings. The first-order valence-corrected chi connectivity index (χ1v) is 5.38. The van der Waals surface area contributed by atoms with E-state index in [1.165, 1.54) is 6.20 Å². The van der Waals surface area contributed by atoms with E-state index in [1.807, 2.05) is 0 Å². The minimum atomic E-state index is -5.59. The van der Waals surface area contributed by atoms with E-state index in [0.29, 0.717) is 0 Å². The first-order chi connectivity index (χ1) is 8.71. The summed E-state index contributed by atoms with van der Waals surface area (Å²) in [5.74, 6) is -4.78. The number of aromatic nitrogens is 4. The highest BCUT2D eigenvalue weighted by molar-refractivity contribution is 6.29. The van der Waals surface area contributed by atoms with Crippen molar-refractivity contribution in [1.29, 1.82) is 0 Å². The van der Waals surface area contributed by atoms with Crippen molar-refractivity contribution in [3.05, 3.63) is 23.4 Å². The monoisotopic (exact) mass is 300 g/mol. The van der Waals surface area contributed by atoms with Gasteiger partial charge >= 0.3 is 12.1 Å². The topological polar surface area (TPSA) is 43.1 Å². The molecule has 0 radical (unpaired) electrons. The molecule has 2 rings (SSSR count). The van der Waals surface area contributed by atoms with Gasteiger partial charge in [0, 0.05) is 6.42 Å². The van der Waals surface area contributed by atoms with E-state index in [0.717, 1.165) is 10.8 Å². The molecule has 0 bridgehead atoms. The number of rotatable bonds is 3. The van der Waals surface area contributed by atoms with Crippen LogP contribution in [0.1, 0.15) is 12.1 Å². The second kappa shape index (κ2) is 4.55. The van der Waals surface area contributed by atoms with Gasteiger partial charge in [-0.2, -0.15) is 27.1 Å². The SMILES string of the molecule is FC(F)(F)C(F)(F)CCc1nc(Cl)cn2ncnc12. The Balaban J connectivity index is 2.25. The maximum Gasteiger partial charge on any atom is 0.453 e. The van der Waals surface area contributed by atoms with Crippen LogP contribution in [-0.2, 0) is 6.42 Å². The standard InChI is InChI=1S/C9H6ClF5N4/c10-6-3-19-7(16-4-17-19)5(18-6)1-2-8(11,12)9(13,14)15/h3-4H,1-2H2. The second-order valence-electron chi connectivity index (χ2n) is 3.74. The Kier molecular flexibility index (Phi) is 3.33. The number of halogens is 6. The highest BCUT2D eigenvalue weighted by atomic mass is 35.5. The van der Waals surface area contributed by atoms with Gasteiger partial charge in [0.25, 0.3) is 0 Å². The van der Waals surface area contributed by atoms with E-state index in [9.17, 15) is 22.0 Å². The Bertz CT molecular complexity index is 594. The third kappa shape index (κ3) is 2.75. The van der Waals surface area contributed by atoms with Crippen LogP contribution in [0.25, 0.3) is 5.65 Å². The first kappa shape index (κ1) is 13.9. The van der Waals surface area contributed by atoms with Crippen LogP contribution in [0.4, 0.5) is 22.0 Å². The molecular formula is C9H6ClF5N4. The molecule has 2 aromatic heterocycles. The number of nitrogens with zero attached hydrogens (tertiary/aromatic N) is 4. The van der Waals surface area contributed by atoms with Gasteiger partial charge in [-0.15, -0.1) is 0 Å². The van der Waals surface area contributed by atoms with E-state index in [4.69, 9.17) is 11.6 Å². The van der Waals surface area contributed by atoms with Crippen molar-refractivity contribution in [3.63, 3.8) is 0 Å². The molecule has 0 N–H and O–H groups in total. The van der Waals surface area contributed by atoms with Crippen molar-refractivity contribution < 1.29 is 22.0 Å². The quantitative estimate of drug-likeness (QED) is 0.819. The zero-order valence-corrected chi connectivity index (χ0v) is 9.88. The molecule has 10 heteroatoms. The lowest BCUT2D eigenvalue weighted by Crippen LogP contribution is -2.36. The number of hydrogen-bond acceptors (Lipinski definition) is 3. The van der Waals surface area contributed by atoms with Gasteiger partial charge in [0.15, 0.2) is 5.65 Å². The van der Waals surface area contributed by atoms with Gasteiger partial charge in [-0.05, 0) is 6.42 Å². The van der Waals surface area contributed by atoms with Gasteiger partial charge in [-0.1, -0.05) is 11.6 Å². The van der Waals surface area contributed by atoms with Crippen LogP contribution in [0, 0.1) is 0 Å². The zero-order valence-electron chi connectivity index (χ0n) is 9.13. The Morgan fingerprint density at radius 2 is 1.89 bits per heavy atom. The lowest BCUT2D eigenvalue weighted by atomic mass is 10.1. The van der Waals surface area contributed by atoms with Crippen molar-refractivity contribution in [3.8, 4) is 0 Å². The zero-order chi connectivity index (χ0) is 14.3. The molecule has 0 saturated carbocycles. The summed E-state index contributed by atoms with van der Waals surface area (Å²) in [7, 11) is 0. The molecule has 0 aliphatic carbocycles. The predicted molar refractivity (Wildman–Crippen MR) is 55.1 cm³/mol. The molecule has 19 heavy (non-hydrogen) atoms. The van der Waals surface area contributed by atoms with E-state index in [-0.39, 0.29) is 16.5 Å². The molecule has 0 saturated heterocycles. The van der Waals surface area contributed by atoms with Crippen molar-refractivity contribution in [1.82, 2.24) is 19.6 Å². The Labute approximate surface area is 108 Å². The van der Waals surface area contributed by atoms with Crippen molar-refractivity contribution in [2.75, 3.05) is 0 Å². The van der Waals surface area contributed by atoms with Crippen LogP contribution >= 0.6 is 11.6 Å². The van der Waals surface area contributed by atoms with E-state index in [2.05, 4.69) is 15.1 Å². The Hall–Kier alpha value is -1.51. The fraction of sp³-hybridized carbons (Fsp3) is 0.444. The van der Waals surface area contributed by atoms with Crippen LogP contribution in [0.2, 0.25) is 5.15 Å². The highest BCUT2D eigenvalue weighted by Crippen LogP contribution is 2.38.